The minimum Gasteiger partial charge on any atom is -0.907 e. The van der Waals surface area contributed by atoms with Gasteiger partial charge in [0.15, 0.2) is 0 Å². The Morgan fingerprint density at radius 1 is 1.00 bits per heavy atom. The first kappa shape index (κ1) is 15.8. The Kier molecular flexibility index (Phi) is 27.9. The molecule has 0 fully saturated rings. The summed E-state index contributed by atoms with van der Waals surface area (Å²) in [6.45, 7) is 0. The van der Waals surface area contributed by atoms with Crippen LogP contribution in [-0.2, 0) is 19.5 Å². The van der Waals surface area contributed by atoms with Gasteiger partial charge in [0.1, 0.15) is 0 Å². The molecule has 0 amide bonds. The number of hydrogen-bond donors (Lipinski definition) is 0. The van der Waals surface area contributed by atoms with E-state index in [1.807, 2.05) is 0 Å². The molecule has 0 aromatic carbocycles. The van der Waals surface area contributed by atoms with Crippen molar-refractivity contribution >= 4 is 7.32 Å². The molecule has 0 aromatic heterocycles. The Balaban J connectivity index is -0.0000000450. The molecule has 0 N–H and O–H groups in total. The van der Waals surface area contributed by atoms with Gasteiger partial charge in [0, 0.05) is 0 Å². The van der Waals surface area contributed by atoms with E-state index in [1.54, 1.807) is 0 Å². The van der Waals surface area contributed by atoms with Crippen molar-refractivity contribution in [3.05, 3.63) is 0 Å². The average Bonchev–Trinajstić information content (AvgIpc) is 0.811. The van der Waals surface area contributed by atoms with Crippen LogP contribution in [0.4, 0.5) is 0 Å². The Morgan fingerprint density at radius 2 is 1.00 bits per heavy atom. The molecule has 0 saturated heterocycles. The summed E-state index contributed by atoms with van der Waals surface area (Å²) in [5.74, 6) is 0. The van der Waals surface area contributed by atoms with Gasteiger partial charge in [-0.05, 0) is 0 Å². The fourth-order valence-electron chi connectivity index (χ4n) is 0. The second-order valence-corrected chi connectivity index (χ2v) is 0.289. The van der Waals surface area contributed by atoms with Crippen LogP contribution >= 0.6 is 0 Å². The Hall–Kier alpha value is 2.62. The molecule has 0 spiro atoms. The summed E-state index contributed by atoms with van der Waals surface area (Å²) >= 11 is 0. The van der Waals surface area contributed by atoms with Crippen LogP contribution in [0.1, 0.15) is 0 Å². The van der Waals surface area contributed by atoms with E-state index in [4.69, 9.17) is 15.1 Å². The molecule has 0 aliphatic carbocycles. The van der Waals surface area contributed by atoms with E-state index in [2.05, 4.69) is 0 Å². The zero-order valence-electron chi connectivity index (χ0n) is 3.51. The third-order valence-corrected chi connectivity index (χ3v) is 0. The molecular formula is BCsO3Zn. The van der Waals surface area contributed by atoms with E-state index in [0.717, 1.165) is 0 Å². The fraction of sp³-hybridized carbons (Fsp3) is 0. The predicted octanol–water partition coefficient (Wildman–Crippen LogP) is -6.95. The van der Waals surface area contributed by atoms with Crippen molar-refractivity contribution in [2.24, 2.45) is 0 Å². The molecule has 0 aromatic rings. The van der Waals surface area contributed by atoms with Crippen LogP contribution in [0, 0.1) is 0 Å². The van der Waals surface area contributed by atoms with Crippen molar-refractivity contribution in [1.82, 2.24) is 0 Å². The maximum absolute atomic E-state index is 8.42. The quantitative estimate of drug-likeness (QED) is 0.405. The molecule has 3 nitrogen and oxygen atoms in total. The first-order valence-corrected chi connectivity index (χ1v) is 0.707. The van der Waals surface area contributed by atoms with Crippen LogP contribution in [0.3, 0.4) is 0 Å². The summed E-state index contributed by atoms with van der Waals surface area (Å²) in [4.78, 5) is 0. The van der Waals surface area contributed by atoms with E-state index >= 15 is 0 Å². The second-order valence-electron chi connectivity index (χ2n) is 0.289. The van der Waals surface area contributed by atoms with Crippen LogP contribution in [0.25, 0.3) is 0 Å². The summed E-state index contributed by atoms with van der Waals surface area (Å²) in [5.41, 5.74) is 0. The summed E-state index contributed by atoms with van der Waals surface area (Å²) in [6.07, 6.45) is 0. The average molecular weight is 257 g/mol. The van der Waals surface area contributed by atoms with Gasteiger partial charge < -0.3 is 15.1 Å². The Bertz CT molecular complexity index is 15.5. The minimum atomic E-state index is -2.92. The molecule has 0 saturated carbocycles. The molecule has 0 atom stereocenters. The summed E-state index contributed by atoms with van der Waals surface area (Å²) in [7, 11) is -2.92. The van der Waals surface area contributed by atoms with Crippen molar-refractivity contribution in [1.29, 1.82) is 0 Å². The van der Waals surface area contributed by atoms with Crippen LogP contribution in [-0.4, -0.2) is 7.32 Å². The normalized spacial score (nSPS) is 4.50. The molecule has 6 heteroatoms. The fourth-order valence-corrected chi connectivity index (χ4v) is 0. The Labute approximate surface area is 108 Å². The second kappa shape index (κ2) is 10.6. The summed E-state index contributed by atoms with van der Waals surface area (Å²) in [6, 6.07) is 0. The smallest absolute Gasteiger partial charge is 0.907 e. The van der Waals surface area contributed by atoms with Gasteiger partial charge in [-0.3, -0.25) is 7.32 Å². The van der Waals surface area contributed by atoms with Crippen molar-refractivity contribution in [3.8, 4) is 0 Å². The van der Waals surface area contributed by atoms with E-state index < -0.39 is 7.32 Å². The van der Waals surface area contributed by atoms with Gasteiger partial charge in [-0.1, -0.05) is 0 Å². The summed E-state index contributed by atoms with van der Waals surface area (Å²) in [5, 5.41) is 25.2. The first-order valence-electron chi connectivity index (χ1n) is 0.707. The first-order chi connectivity index (χ1) is 1.73. The largest absolute Gasteiger partial charge is 2.00 e. The van der Waals surface area contributed by atoms with Gasteiger partial charge in [-0.25, -0.2) is 0 Å². The molecule has 0 unspecified atom stereocenters. The van der Waals surface area contributed by atoms with Gasteiger partial charge in [0.25, 0.3) is 0 Å². The van der Waals surface area contributed by atoms with E-state index in [1.165, 1.54) is 0 Å². The van der Waals surface area contributed by atoms with Crippen molar-refractivity contribution in [3.63, 3.8) is 0 Å². The zero-order chi connectivity index (χ0) is 3.58. The van der Waals surface area contributed by atoms with Gasteiger partial charge in [-0.15, -0.1) is 0 Å². The Morgan fingerprint density at radius 3 is 1.00 bits per heavy atom. The number of rotatable bonds is 0. The maximum Gasteiger partial charge on any atom is 2.00 e. The molecule has 0 aliphatic heterocycles. The van der Waals surface area contributed by atoms with E-state index in [-0.39, 0.29) is 88.4 Å². The summed E-state index contributed by atoms with van der Waals surface area (Å²) < 4.78 is 0. The topological polar surface area (TPSA) is 69.2 Å². The molecule has 0 aliphatic rings. The van der Waals surface area contributed by atoms with Crippen molar-refractivity contribution in [2.75, 3.05) is 0 Å². The monoisotopic (exact) mass is 256 g/mol. The molecule has 24 valence electrons. The minimum absolute atomic E-state index is 0. The van der Waals surface area contributed by atoms with Crippen LogP contribution in [0.2, 0.25) is 0 Å². The van der Waals surface area contributed by atoms with Gasteiger partial charge in [0.05, 0.1) is 0 Å². The van der Waals surface area contributed by atoms with E-state index in [9.17, 15) is 0 Å². The molecule has 6 heavy (non-hydrogen) atoms. The van der Waals surface area contributed by atoms with Gasteiger partial charge >= 0.3 is 88.4 Å². The molecule has 0 rings (SSSR count). The predicted molar refractivity (Wildman–Crippen MR) is 5.75 cm³/mol. The third-order valence-electron chi connectivity index (χ3n) is 0. The van der Waals surface area contributed by atoms with Gasteiger partial charge in [0.2, 0.25) is 0 Å². The number of hydrogen-bond acceptors (Lipinski definition) is 3. The van der Waals surface area contributed by atoms with Crippen molar-refractivity contribution in [2.45, 2.75) is 0 Å². The van der Waals surface area contributed by atoms with Crippen LogP contribution < -0.4 is 84.0 Å². The maximum atomic E-state index is 8.42. The van der Waals surface area contributed by atoms with Gasteiger partial charge in [-0.2, -0.15) is 0 Å². The SMILES string of the molecule is [Cs+].[O-]B([O-])[O-].[Zn+2]. The molecular weight excluding hydrogens is 257 g/mol. The molecule has 0 bridgehead atoms. The molecule has 0 heterocycles. The van der Waals surface area contributed by atoms with Crippen molar-refractivity contribution < 1.29 is 103 Å². The van der Waals surface area contributed by atoms with Crippen LogP contribution in [0.15, 0.2) is 0 Å². The molecule has 0 radical (unpaired) electrons. The standard InChI is InChI=1S/BO3.Cs.Zn/c2-1(3)4;;/q-3;+1;+2. The zero-order valence-corrected chi connectivity index (χ0v) is 12.8. The van der Waals surface area contributed by atoms with Crippen LogP contribution in [0.5, 0.6) is 0 Å². The van der Waals surface area contributed by atoms with E-state index in [0.29, 0.717) is 0 Å². The third kappa shape index (κ3) is 30.5.